The van der Waals surface area contributed by atoms with Gasteiger partial charge >= 0.3 is 10.3 Å². The summed E-state index contributed by atoms with van der Waals surface area (Å²) in [5.74, 6) is 0. The SMILES string of the molecule is CCCC[C@H](OS(N)(=O)=O)[C@@H](OCOC)c1c(Cl)cccc1Cl. The topological polar surface area (TPSA) is 87.9 Å². The second kappa shape index (κ2) is 9.78. The van der Waals surface area contributed by atoms with E-state index in [1.54, 1.807) is 18.2 Å². The summed E-state index contributed by atoms with van der Waals surface area (Å²) in [5, 5.41) is 5.72. The summed E-state index contributed by atoms with van der Waals surface area (Å²) in [5.41, 5.74) is 0.442. The van der Waals surface area contributed by atoms with Crippen LogP contribution in [0.15, 0.2) is 18.2 Å². The highest BCUT2D eigenvalue weighted by Gasteiger charge is 2.31. The van der Waals surface area contributed by atoms with Gasteiger partial charge in [-0.3, -0.25) is 4.18 Å². The maximum Gasteiger partial charge on any atom is 0.333 e. The van der Waals surface area contributed by atoms with E-state index in [1.807, 2.05) is 6.92 Å². The molecule has 0 aliphatic carbocycles. The van der Waals surface area contributed by atoms with Gasteiger partial charge in [0.1, 0.15) is 19.0 Å². The fourth-order valence-corrected chi connectivity index (χ4v) is 3.28. The van der Waals surface area contributed by atoms with Crippen LogP contribution in [0, 0.1) is 0 Å². The highest BCUT2D eigenvalue weighted by Crippen LogP contribution is 2.37. The molecule has 0 saturated carbocycles. The molecule has 0 unspecified atom stereocenters. The molecule has 9 heteroatoms. The summed E-state index contributed by atoms with van der Waals surface area (Å²) < 4.78 is 38.3. The van der Waals surface area contributed by atoms with Gasteiger partial charge in [0.2, 0.25) is 0 Å². The molecule has 0 aliphatic rings. The van der Waals surface area contributed by atoms with Crippen molar-refractivity contribution in [2.75, 3.05) is 13.9 Å². The minimum atomic E-state index is -4.16. The Bertz CT molecular complexity index is 577. The summed E-state index contributed by atoms with van der Waals surface area (Å²) in [6, 6.07) is 4.96. The largest absolute Gasteiger partial charge is 0.359 e. The third-order valence-electron chi connectivity index (χ3n) is 3.09. The molecule has 0 amide bonds. The van der Waals surface area contributed by atoms with Crippen LogP contribution in [0.25, 0.3) is 0 Å². The highest BCUT2D eigenvalue weighted by atomic mass is 35.5. The molecule has 0 spiro atoms. The van der Waals surface area contributed by atoms with E-state index in [4.69, 9.17) is 42.0 Å². The Morgan fingerprint density at radius 3 is 2.35 bits per heavy atom. The van der Waals surface area contributed by atoms with Gasteiger partial charge < -0.3 is 9.47 Å². The molecule has 6 nitrogen and oxygen atoms in total. The van der Waals surface area contributed by atoms with Crippen LogP contribution in [0.4, 0.5) is 0 Å². The first-order valence-corrected chi connectivity index (χ1v) is 9.28. The number of nitrogens with two attached hydrogens (primary N) is 1. The van der Waals surface area contributed by atoms with Crippen molar-refractivity contribution in [1.82, 2.24) is 0 Å². The van der Waals surface area contributed by atoms with Crippen LogP contribution in [0.1, 0.15) is 37.9 Å². The number of halogens is 2. The van der Waals surface area contributed by atoms with Gasteiger partial charge in [0.05, 0.1) is 0 Å². The Kier molecular flexibility index (Phi) is 8.78. The van der Waals surface area contributed by atoms with E-state index >= 15 is 0 Å². The first kappa shape index (κ1) is 20.6. The van der Waals surface area contributed by atoms with E-state index < -0.39 is 22.5 Å². The molecule has 0 heterocycles. The Morgan fingerprint density at radius 1 is 1.26 bits per heavy atom. The first-order valence-electron chi connectivity index (χ1n) is 7.05. The number of hydrogen-bond acceptors (Lipinski definition) is 5. The molecule has 1 aromatic rings. The van der Waals surface area contributed by atoms with Crippen LogP contribution < -0.4 is 5.14 Å². The van der Waals surface area contributed by atoms with Gasteiger partial charge in [-0.05, 0) is 18.6 Å². The second-order valence-electron chi connectivity index (χ2n) is 4.90. The molecule has 0 fully saturated rings. The Labute approximate surface area is 147 Å². The predicted molar refractivity (Wildman–Crippen MR) is 89.7 cm³/mol. The van der Waals surface area contributed by atoms with Gasteiger partial charge in [0.25, 0.3) is 0 Å². The Balaban J connectivity index is 3.22. The maximum absolute atomic E-state index is 11.4. The van der Waals surface area contributed by atoms with Crippen molar-refractivity contribution in [3.8, 4) is 0 Å². The zero-order valence-electron chi connectivity index (χ0n) is 13.0. The molecule has 2 atom stereocenters. The second-order valence-corrected chi connectivity index (χ2v) is 6.89. The lowest BCUT2D eigenvalue weighted by Gasteiger charge is -2.27. The van der Waals surface area contributed by atoms with Crippen LogP contribution in [0.5, 0.6) is 0 Å². The van der Waals surface area contributed by atoms with Crippen molar-refractivity contribution >= 4 is 33.5 Å². The number of benzene rings is 1. The third-order valence-corrected chi connectivity index (χ3v) is 4.26. The van der Waals surface area contributed by atoms with Crippen molar-refractivity contribution < 1.29 is 22.1 Å². The van der Waals surface area contributed by atoms with E-state index in [1.165, 1.54) is 7.11 Å². The van der Waals surface area contributed by atoms with Crippen LogP contribution in [0.2, 0.25) is 10.0 Å². The zero-order valence-corrected chi connectivity index (χ0v) is 15.3. The fourth-order valence-electron chi connectivity index (χ4n) is 2.13. The molecule has 132 valence electrons. The lowest BCUT2D eigenvalue weighted by Crippen LogP contribution is -2.31. The number of ether oxygens (including phenoxy) is 2. The smallest absolute Gasteiger partial charge is 0.333 e. The van der Waals surface area contributed by atoms with Crippen molar-refractivity contribution in [1.29, 1.82) is 0 Å². The molecule has 0 bridgehead atoms. The molecule has 0 radical (unpaired) electrons. The maximum atomic E-state index is 11.4. The van der Waals surface area contributed by atoms with Crippen LogP contribution in [-0.2, 0) is 24.0 Å². The normalized spacial score (nSPS) is 14.7. The molecule has 0 aromatic heterocycles. The number of methoxy groups -OCH3 is 1. The van der Waals surface area contributed by atoms with E-state index in [2.05, 4.69) is 0 Å². The Hall–Kier alpha value is -0.410. The summed E-state index contributed by atoms with van der Waals surface area (Å²) in [6.45, 7) is 1.89. The summed E-state index contributed by atoms with van der Waals surface area (Å²) in [6.07, 6.45) is 0.272. The summed E-state index contributed by atoms with van der Waals surface area (Å²) >= 11 is 12.4. The number of hydrogen-bond donors (Lipinski definition) is 1. The van der Waals surface area contributed by atoms with Gasteiger partial charge in [0, 0.05) is 22.7 Å². The monoisotopic (exact) mass is 385 g/mol. The average Bonchev–Trinajstić information content (AvgIpc) is 2.45. The van der Waals surface area contributed by atoms with E-state index in [-0.39, 0.29) is 6.79 Å². The fraction of sp³-hybridized carbons (Fsp3) is 0.571. The molecule has 0 saturated heterocycles. The molecular formula is C14H21Cl2NO5S. The predicted octanol–water partition coefficient (Wildman–Crippen LogP) is 3.43. The van der Waals surface area contributed by atoms with E-state index in [0.29, 0.717) is 22.0 Å². The van der Waals surface area contributed by atoms with Gasteiger partial charge in [-0.15, -0.1) is 0 Å². The zero-order chi connectivity index (χ0) is 17.5. The molecule has 0 aliphatic heterocycles. The van der Waals surface area contributed by atoms with Gasteiger partial charge in [-0.2, -0.15) is 8.42 Å². The molecule has 23 heavy (non-hydrogen) atoms. The van der Waals surface area contributed by atoms with Crippen molar-refractivity contribution in [3.05, 3.63) is 33.8 Å². The first-order chi connectivity index (χ1) is 10.8. The standard InChI is InChI=1S/C14H21Cl2NO5S/c1-3-4-8-12(22-23(17,18)19)14(21-9-20-2)13-10(15)6-5-7-11(13)16/h5-7,12,14H,3-4,8-9H2,1-2H3,(H2,17,18,19)/t12-,14+/m0/s1. The Morgan fingerprint density at radius 2 is 1.87 bits per heavy atom. The molecular weight excluding hydrogens is 365 g/mol. The van der Waals surface area contributed by atoms with Crippen LogP contribution in [-0.4, -0.2) is 28.4 Å². The average molecular weight is 386 g/mol. The quantitative estimate of drug-likeness (QED) is 0.623. The van der Waals surface area contributed by atoms with Crippen molar-refractivity contribution in [2.24, 2.45) is 5.14 Å². The van der Waals surface area contributed by atoms with Gasteiger partial charge in [0.15, 0.2) is 0 Å². The van der Waals surface area contributed by atoms with Crippen LogP contribution in [0.3, 0.4) is 0 Å². The minimum Gasteiger partial charge on any atom is -0.359 e. The van der Waals surface area contributed by atoms with Crippen molar-refractivity contribution in [3.63, 3.8) is 0 Å². The summed E-state index contributed by atoms with van der Waals surface area (Å²) in [4.78, 5) is 0. The van der Waals surface area contributed by atoms with E-state index in [0.717, 1.165) is 12.8 Å². The van der Waals surface area contributed by atoms with Gasteiger partial charge in [-0.25, -0.2) is 5.14 Å². The lowest BCUT2D eigenvalue weighted by atomic mass is 10.00. The van der Waals surface area contributed by atoms with Gasteiger partial charge in [-0.1, -0.05) is 49.0 Å². The molecule has 2 N–H and O–H groups in total. The van der Waals surface area contributed by atoms with Crippen molar-refractivity contribution in [2.45, 2.75) is 38.4 Å². The third kappa shape index (κ3) is 6.93. The van der Waals surface area contributed by atoms with Crippen LogP contribution >= 0.6 is 23.2 Å². The lowest BCUT2D eigenvalue weighted by molar-refractivity contribution is -0.109. The number of rotatable bonds is 10. The minimum absolute atomic E-state index is 0.0805. The molecule has 1 rings (SSSR count). The number of unbranched alkanes of at least 4 members (excludes halogenated alkanes) is 1. The highest BCUT2D eigenvalue weighted by molar-refractivity contribution is 7.84. The van der Waals surface area contributed by atoms with E-state index in [9.17, 15) is 8.42 Å². The summed E-state index contributed by atoms with van der Waals surface area (Å²) in [7, 11) is -2.71. The molecule has 1 aromatic carbocycles.